The lowest BCUT2D eigenvalue weighted by molar-refractivity contribution is 0.102. The molecule has 23 heavy (non-hydrogen) atoms. The molecule has 0 saturated carbocycles. The molecule has 1 amide bonds. The highest BCUT2D eigenvalue weighted by Crippen LogP contribution is 2.20. The van der Waals surface area contributed by atoms with E-state index in [0.717, 1.165) is 10.0 Å². The lowest BCUT2D eigenvalue weighted by atomic mass is 10.2. The van der Waals surface area contributed by atoms with Crippen LogP contribution in [0, 0.1) is 0 Å². The summed E-state index contributed by atoms with van der Waals surface area (Å²) in [6.45, 7) is 0.484. The highest BCUT2D eigenvalue weighted by molar-refractivity contribution is 9.10. The Morgan fingerprint density at radius 3 is 2.65 bits per heavy atom. The van der Waals surface area contributed by atoms with Gasteiger partial charge in [-0.05, 0) is 39.7 Å². The summed E-state index contributed by atoms with van der Waals surface area (Å²) in [5.74, 6) is 0.420. The Hall–Kier alpha value is -2.11. The largest absolute Gasteiger partial charge is 0.307 e. The van der Waals surface area contributed by atoms with Gasteiger partial charge < -0.3 is 5.32 Å². The number of nitrogens with zero attached hydrogens (tertiary/aromatic N) is 2. The highest BCUT2D eigenvalue weighted by atomic mass is 79.9. The van der Waals surface area contributed by atoms with Crippen molar-refractivity contribution in [3.63, 3.8) is 0 Å². The Morgan fingerprint density at radius 2 is 1.87 bits per heavy atom. The number of anilines is 1. The smallest absolute Gasteiger partial charge is 0.257 e. The molecule has 0 radical (unpaired) electrons. The van der Waals surface area contributed by atoms with E-state index in [9.17, 15) is 4.79 Å². The number of nitrogens with one attached hydrogen (secondary N) is 1. The summed E-state index contributed by atoms with van der Waals surface area (Å²) < 4.78 is 2.45. The molecule has 1 heterocycles. The molecule has 4 nitrogen and oxygen atoms in total. The van der Waals surface area contributed by atoms with Crippen molar-refractivity contribution in [1.29, 1.82) is 0 Å². The maximum absolute atomic E-state index is 12.4. The third kappa shape index (κ3) is 3.63. The summed E-state index contributed by atoms with van der Waals surface area (Å²) in [5.41, 5.74) is 1.51. The average Bonchev–Trinajstić information content (AvgIpc) is 2.97. The van der Waals surface area contributed by atoms with E-state index in [2.05, 4.69) is 26.3 Å². The first-order chi connectivity index (χ1) is 11.1. The summed E-state index contributed by atoms with van der Waals surface area (Å²) in [5, 5.41) is 7.80. The van der Waals surface area contributed by atoms with Crippen LogP contribution in [0.5, 0.6) is 0 Å². The van der Waals surface area contributed by atoms with Gasteiger partial charge in [-0.3, -0.25) is 4.79 Å². The van der Waals surface area contributed by atoms with Gasteiger partial charge >= 0.3 is 0 Å². The number of carbonyl (C=O) groups excluding carboxylic acids is 1. The van der Waals surface area contributed by atoms with Crippen molar-refractivity contribution < 1.29 is 4.79 Å². The highest BCUT2D eigenvalue weighted by Gasteiger charge is 2.12. The predicted molar refractivity (Wildman–Crippen MR) is 94.9 cm³/mol. The van der Waals surface area contributed by atoms with Gasteiger partial charge in [-0.25, -0.2) is 4.68 Å². The second kappa shape index (κ2) is 6.98. The van der Waals surface area contributed by atoms with E-state index in [1.54, 1.807) is 23.0 Å². The van der Waals surface area contributed by atoms with Crippen molar-refractivity contribution >= 4 is 39.3 Å². The van der Waals surface area contributed by atoms with Crippen molar-refractivity contribution in [1.82, 2.24) is 9.78 Å². The first-order valence-electron chi connectivity index (χ1n) is 6.96. The van der Waals surface area contributed by atoms with Gasteiger partial charge in [-0.1, -0.05) is 41.9 Å². The fourth-order valence-corrected chi connectivity index (χ4v) is 2.84. The van der Waals surface area contributed by atoms with E-state index >= 15 is 0 Å². The molecule has 1 aromatic heterocycles. The number of hydrogen-bond donors (Lipinski definition) is 1. The van der Waals surface area contributed by atoms with Crippen LogP contribution in [0.3, 0.4) is 0 Å². The molecule has 0 bridgehead atoms. The quantitative estimate of drug-likeness (QED) is 0.708. The topological polar surface area (TPSA) is 46.9 Å². The molecule has 2 aromatic carbocycles. The Labute approximate surface area is 147 Å². The van der Waals surface area contributed by atoms with Crippen molar-refractivity contribution in [2.24, 2.45) is 0 Å². The monoisotopic (exact) mass is 389 g/mol. The third-order valence-electron chi connectivity index (χ3n) is 3.35. The van der Waals surface area contributed by atoms with E-state index in [1.807, 2.05) is 42.5 Å². The molecule has 0 aliphatic carbocycles. The molecule has 0 aliphatic rings. The van der Waals surface area contributed by atoms with Gasteiger partial charge in [0, 0.05) is 15.6 Å². The van der Waals surface area contributed by atoms with Crippen LogP contribution in [0.1, 0.15) is 15.9 Å². The summed E-state index contributed by atoms with van der Waals surface area (Å²) in [7, 11) is 0. The number of rotatable bonds is 4. The minimum atomic E-state index is -0.196. The minimum Gasteiger partial charge on any atom is -0.307 e. The van der Waals surface area contributed by atoms with Crippen molar-refractivity contribution in [3.8, 4) is 0 Å². The SMILES string of the molecule is O=C(Nc1ccnn1Cc1ccccc1Cl)c1ccccc1Br. The fraction of sp³-hybridized carbons (Fsp3) is 0.0588. The zero-order chi connectivity index (χ0) is 16.2. The first kappa shape index (κ1) is 15.8. The maximum Gasteiger partial charge on any atom is 0.257 e. The normalized spacial score (nSPS) is 10.5. The van der Waals surface area contributed by atoms with Crippen LogP contribution in [0.4, 0.5) is 5.82 Å². The molecule has 0 unspecified atom stereocenters. The molecule has 0 saturated heterocycles. The van der Waals surface area contributed by atoms with E-state index in [0.29, 0.717) is 22.9 Å². The van der Waals surface area contributed by atoms with E-state index in [-0.39, 0.29) is 5.91 Å². The van der Waals surface area contributed by atoms with E-state index in [1.165, 1.54) is 0 Å². The fourth-order valence-electron chi connectivity index (χ4n) is 2.18. The van der Waals surface area contributed by atoms with E-state index < -0.39 is 0 Å². The van der Waals surface area contributed by atoms with Crippen LogP contribution < -0.4 is 5.32 Å². The van der Waals surface area contributed by atoms with Gasteiger partial charge in [-0.2, -0.15) is 5.10 Å². The standard InChI is InChI=1S/C17H13BrClN3O/c18-14-7-3-2-6-13(14)17(23)21-16-9-10-20-22(16)11-12-5-1-4-8-15(12)19/h1-10H,11H2,(H,21,23). The third-order valence-corrected chi connectivity index (χ3v) is 4.41. The number of benzene rings is 2. The Balaban J connectivity index is 1.80. The van der Waals surface area contributed by atoms with Crippen molar-refractivity contribution in [2.75, 3.05) is 5.32 Å². The van der Waals surface area contributed by atoms with Gasteiger partial charge in [0.1, 0.15) is 5.82 Å². The lowest BCUT2D eigenvalue weighted by Crippen LogP contribution is -2.16. The molecule has 3 rings (SSSR count). The maximum atomic E-state index is 12.4. The number of hydrogen-bond acceptors (Lipinski definition) is 2. The second-order valence-electron chi connectivity index (χ2n) is 4.90. The van der Waals surface area contributed by atoms with E-state index in [4.69, 9.17) is 11.6 Å². The molecule has 116 valence electrons. The molecular formula is C17H13BrClN3O. The summed E-state index contributed by atoms with van der Waals surface area (Å²) in [6, 6.07) is 16.6. The molecule has 0 spiro atoms. The number of halogens is 2. The van der Waals surface area contributed by atoms with Gasteiger partial charge in [0.05, 0.1) is 18.3 Å². The van der Waals surface area contributed by atoms with Crippen molar-refractivity contribution in [3.05, 3.63) is 81.4 Å². The average molecular weight is 391 g/mol. The predicted octanol–water partition coefficient (Wildman–Crippen LogP) is 4.60. The van der Waals surface area contributed by atoms with Crippen LogP contribution in [0.25, 0.3) is 0 Å². The summed E-state index contributed by atoms with van der Waals surface area (Å²) in [4.78, 5) is 12.4. The molecule has 0 aliphatic heterocycles. The van der Waals surface area contributed by atoms with Crippen LogP contribution in [-0.2, 0) is 6.54 Å². The Morgan fingerprint density at radius 1 is 1.13 bits per heavy atom. The van der Waals surface area contributed by atoms with Crippen molar-refractivity contribution in [2.45, 2.75) is 6.54 Å². The van der Waals surface area contributed by atoms with Gasteiger partial charge in [0.15, 0.2) is 0 Å². The second-order valence-corrected chi connectivity index (χ2v) is 6.16. The number of aromatic nitrogens is 2. The molecule has 1 N–H and O–H groups in total. The molecule has 0 fully saturated rings. The molecular weight excluding hydrogens is 378 g/mol. The Bertz CT molecular complexity index is 847. The van der Waals surface area contributed by atoms with Crippen LogP contribution in [0.2, 0.25) is 5.02 Å². The van der Waals surface area contributed by atoms with Crippen LogP contribution >= 0.6 is 27.5 Å². The van der Waals surface area contributed by atoms with Crippen LogP contribution in [-0.4, -0.2) is 15.7 Å². The Kier molecular flexibility index (Phi) is 4.79. The minimum absolute atomic E-state index is 0.196. The summed E-state index contributed by atoms with van der Waals surface area (Å²) in [6.07, 6.45) is 1.65. The summed E-state index contributed by atoms with van der Waals surface area (Å²) >= 11 is 9.56. The number of amides is 1. The first-order valence-corrected chi connectivity index (χ1v) is 8.13. The van der Waals surface area contributed by atoms with Crippen LogP contribution in [0.15, 0.2) is 65.3 Å². The molecule has 0 atom stereocenters. The van der Waals surface area contributed by atoms with Gasteiger partial charge in [0.25, 0.3) is 5.91 Å². The number of carbonyl (C=O) groups is 1. The zero-order valence-electron chi connectivity index (χ0n) is 12.0. The van der Waals surface area contributed by atoms with Gasteiger partial charge in [0.2, 0.25) is 0 Å². The molecule has 6 heteroatoms. The lowest BCUT2D eigenvalue weighted by Gasteiger charge is -2.10. The zero-order valence-corrected chi connectivity index (χ0v) is 14.4. The molecule has 3 aromatic rings. The van der Waals surface area contributed by atoms with Gasteiger partial charge in [-0.15, -0.1) is 0 Å².